The molecule has 0 saturated carbocycles. The third kappa shape index (κ3) is 7.50. The summed E-state index contributed by atoms with van der Waals surface area (Å²) >= 11 is 0. The molecule has 0 fully saturated rings. The van der Waals surface area contributed by atoms with E-state index in [0.29, 0.717) is 12.1 Å². The first-order valence-corrected chi connectivity index (χ1v) is 11.1. The minimum absolute atomic E-state index is 0.119. The van der Waals surface area contributed by atoms with Gasteiger partial charge in [-0.1, -0.05) is 6.58 Å². The molecule has 17 heteroatoms. The number of ether oxygens (including phenoxy) is 1. The van der Waals surface area contributed by atoms with E-state index in [-0.39, 0.29) is 5.57 Å². The summed E-state index contributed by atoms with van der Waals surface area (Å²) in [7, 11) is -10.9. The molecule has 0 aliphatic rings. The van der Waals surface area contributed by atoms with Crippen LogP contribution in [0.2, 0.25) is 0 Å². The highest BCUT2D eigenvalue weighted by molar-refractivity contribution is 7.88. The molecule has 0 radical (unpaired) electrons. The van der Waals surface area contributed by atoms with Gasteiger partial charge in [0.15, 0.2) is 6.73 Å². The van der Waals surface area contributed by atoms with Crippen molar-refractivity contribution >= 4 is 37.8 Å². The van der Waals surface area contributed by atoms with E-state index in [0.717, 1.165) is 6.07 Å². The van der Waals surface area contributed by atoms with Crippen LogP contribution in [0.25, 0.3) is 0 Å². The smallest absolute Gasteiger partial charge is 0.371 e. The van der Waals surface area contributed by atoms with Crippen molar-refractivity contribution in [2.45, 2.75) is 18.6 Å². The third-order valence-electron chi connectivity index (χ3n) is 3.45. The molecular formula is C15H16F2N2O11S2. The molecule has 32 heavy (non-hydrogen) atoms. The lowest BCUT2D eigenvalue weighted by Gasteiger charge is -2.13. The second kappa shape index (κ2) is 9.96. The summed E-state index contributed by atoms with van der Waals surface area (Å²) in [5.41, 5.74) is -1.38. The van der Waals surface area contributed by atoms with Gasteiger partial charge in [0.1, 0.15) is 0 Å². The number of benzene rings is 1. The first-order valence-electron chi connectivity index (χ1n) is 8.13. The van der Waals surface area contributed by atoms with Crippen LogP contribution in [0.3, 0.4) is 0 Å². The Hall–Kier alpha value is -3.18. The van der Waals surface area contributed by atoms with Crippen LogP contribution in [0.5, 0.6) is 5.75 Å². The molecule has 0 unspecified atom stereocenters. The van der Waals surface area contributed by atoms with E-state index in [1.54, 1.807) is 0 Å². The Morgan fingerprint density at radius 2 is 1.88 bits per heavy atom. The fraction of sp³-hybridized carbons (Fsp3) is 0.333. The fourth-order valence-electron chi connectivity index (χ4n) is 1.81. The predicted octanol–water partition coefficient (Wildman–Crippen LogP) is 0.981. The maximum atomic E-state index is 13.2. The predicted molar refractivity (Wildman–Crippen MR) is 102 cm³/mol. The van der Waals surface area contributed by atoms with Gasteiger partial charge in [0.05, 0.1) is 16.2 Å². The van der Waals surface area contributed by atoms with E-state index in [4.69, 9.17) is 4.55 Å². The SMILES string of the molecule is C=C(C)C(=O)NCOC(=O)c1ccc(OS(=O)(=O)CCC(F)(F)S(=O)(=O)O)c([N+](=O)[O-])c1. The van der Waals surface area contributed by atoms with Crippen molar-refractivity contribution in [3.05, 3.63) is 46.0 Å². The lowest BCUT2D eigenvalue weighted by Crippen LogP contribution is -2.31. The maximum Gasteiger partial charge on any atom is 0.371 e. The number of rotatable bonds is 11. The van der Waals surface area contributed by atoms with Crippen molar-refractivity contribution in [3.8, 4) is 5.75 Å². The number of carbonyl (C=O) groups is 2. The number of halogens is 2. The zero-order valence-corrected chi connectivity index (χ0v) is 17.7. The number of esters is 1. The van der Waals surface area contributed by atoms with E-state index in [2.05, 4.69) is 20.8 Å². The van der Waals surface area contributed by atoms with Crippen LogP contribution in [0.15, 0.2) is 30.4 Å². The Morgan fingerprint density at radius 3 is 2.38 bits per heavy atom. The van der Waals surface area contributed by atoms with Gasteiger partial charge < -0.3 is 14.2 Å². The van der Waals surface area contributed by atoms with Crippen LogP contribution < -0.4 is 9.50 Å². The van der Waals surface area contributed by atoms with Crippen molar-refractivity contribution in [1.82, 2.24) is 5.32 Å². The molecule has 13 nitrogen and oxygen atoms in total. The standard InChI is InChI=1S/C15H16F2N2O11S2/c1-9(2)13(20)18-8-29-14(21)10-3-4-12(11(7-10)19(22)23)30-31(24,25)6-5-15(16,17)32(26,27)28/h3-4,7H,1,5-6,8H2,2H3,(H,18,20)(H,26,27,28). The topological polar surface area (TPSA) is 196 Å². The minimum Gasteiger partial charge on any atom is -0.441 e. The Labute approximate surface area is 180 Å². The van der Waals surface area contributed by atoms with Gasteiger partial charge >= 0.3 is 37.1 Å². The summed E-state index contributed by atoms with van der Waals surface area (Å²) < 4.78 is 88.5. The molecule has 0 saturated heterocycles. The molecule has 2 N–H and O–H groups in total. The number of amides is 1. The summed E-state index contributed by atoms with van der Waals surface area (Å²) in [5, 5.41) is 8.54. The fourth-order valence-corrected chi connectivity index (χ4v) is 3.30. The van der Waals surface area contributed by atoms with E-state index in [1.165, 1.54) is 6.92 Å². The summed E-state index contributed by atoms with van der Waals surface area (Å²) in [6.45, 7) is 4.13. The second-order valence-corrected chi connectivity index (χ2v) is 9.25. The molecule has 0 heterocycles. The normalized spacial score (nSPS) is 12.0. The van der Waals surface area contributed by atoms with Gasteiger partial charge in [0.25, 0.3) is 0 Å². The van der Waals surface area contributed by atoms with Gasteiger partial charge in [0, 0.05) is 18.1 Å². The highest BCUT2D eigenvalue weighted by Crippen LogP contribution is 2.31. The number of hydrogen-bond donors (Lipinski definition) is 2. The third-order valence-corrected chi connectivity index (χ3v) is 5.55. The van der Waals surface area contributed by atoms with Crippen LogP contribution >= 0.6 is 0 Å². The summed E-state index contributed by atoms with van der Waals surface area (Å²) in [6, 6.07) is 2.09. The van der Waals surface area contributed by atoms with Crippen molar-refractivity contribution in [2.75, 3.05) is 12.5 Å². The maximum absolute atomic E-state index is 13.2. The summed E-state index contributed by atoms with van der Waals surface area (Å²) in [4.78, 5) is 33.3. The van der Waals surface area contributed by atoms with Crippen LogP contribution in [0.4, 0.5) is 14.5 Å². The largest absolute Gasteiger partial charge is 0.441 e. The lowest BCUT2D eigenvalue weighted by molar-refractivity contribution is -0.385. The van der Waals surface area contributed by atoms with E-state index >= 15 is 0 Å². The average molecular weight is 502 g/mol. The van der Waals surface area contributed by atoms with E-state index in [9.17, 15) is 45.3 Å². The Balaban J connectivity index is 2.99. The highest BCUT2D eigenvalue weighted by Gasteiger charge is 2.45. The Bertz CT molecular complexity index is 1150. The Morgan fingerprint density at radius 1 is 1.28 bits per heavy atom. The lowest BCUT2D eigenvalue weighted by atomic mass is 10.2. The first-order chi connectivity index (χ1) is 14.5. The number of hydrogen-bond acceptors (Lipinski definition) is 10. The van der Waals surface area contributed by atoms with Gasteiger partial charge in [-0.3, -0.25) is 19.5 Å². The average Bonchev–Trinajstić information content (AvgIpc) is 2.65. The second-order valence-electron chi connectivity index (χ2n) is 6.01. The zero-order valence-electron chi connectivity index (χ0n) is 16.1. The molecular weight excluding hydrogens is 486 g/mol. The van der Waals surface area contributed by atoms with Crippen LogP contribution in [0, 0.1) is 10.1 Å². The number of nitro groups is 1. The van der Waals surface area contributed by atoms with Crippen LogP contribution in [-0.4, -0.2) is 55.9 Å². The van der Waals surface area contributed by atoms with Crippen molar-refractivity contribution in [3.63, 3.8) is 0 Å². The number of alkyl halides is 2. The number of nitrogens with one attached hydrogen (secondary N) is 1. The van der Waals surface area contributed by atoms with Crippen LogP contribution in [0.1, 0.15) is 23.7 Å². The molecule has 1 rings (SSSR count). The minimum atomic E-state index is -5.90. The number of carbonyl (C=O) groups excluding carboxylic acids is 2. The summed E-state index contributed by atoms with van der Waals surface area (Å²) in [5.74, 6) is -4.35. The highest BCUT2D eigenvalue weighted by atomic mass is 32.2. The molecule has 0 aliphatic heterocycles. The molecule has 178 valence electrons. The first kappa shape index (κ1) is 26.9. The molecule has 0 aromatic heterocycles. The Kier molecular flexibility index (Phi) is 8.36. The van der Waals surface area contributed by atoms with Crippen molar-refractivity contribution in [2.24, 2.45) is 0 Å². The monoisotopic (exact) mass is 502 g/mol. The van der Waals surface area contributed by atoms with Crippen molar-refractivity contribution in [1.29, 1.82) is 0 Å². The van der Waals surface area contributed by atoms with Crippen LogP contribution in [-0.2, 0) is 29.8 Å². The summed E-state index contributed by atoms with van der Waals surface area (Å²) in [6.07, 6.45) is -1.89. The molecule has 1 amide bonds. The number of nitro benzene ring substituents is 1. The molecule has 1 aromatic carbocycles. The number of nitrogens with zero attached hydrogens (tertiary/aromatic N) is 1. The molecule has 0 aliphatic carbocycles. The molecule has 1 aromatic rings. The van der Waals surface area contributed by atoms with E-state index < -0.39 is 78.2 Å². The van der Waals surface area contributed by atoms with Gasteiger partial charge in [-0.05, 0) is 19.1 Å². The molecule has 0 bridgehead atoms. The van der Waals surface area contributed by atoms with Gasteiger partial charge in [0.2, 0.25) is 11.7 Å². The molecule has 0 spiro atoms. The van der Waals surface area contributed by atoms with E-state index in [1.807, 2.05) is 0 Å². The quantitative estimate of drug-likeness (QED) is 0.0832. The zero-order chi connectivity index (χ0) is 24.9. The van der Waals surface area contributed by atoms with Crippen molar-refractivity contribution < 1.29 is 53.6 Å². The van der Waals surface area contributed by atoms with Gasteiger partial charge in [-0.25, -0.2) is 4.79 Å². The molecule has 0 atom stereocenters. The van der Waals surface area contributed by atoms with Gasteiger partial charge in [-0.2, -0.15) is 25.6 Å². The van der Waals surface area contributed by atoms with Gasteiger partial charge in [-0.15, -0.1) is 0 Å².